The second kappa shape index (κ2) is 22.9. The van der Waals surface area contributed by atoms with Crippen molar-refractivity contribution in [3.8, 4) is 0 Å². The van der Waals surface area contributed by atoms with Gasteiger partial charge in [-0.2, -0.15) is 0 Å². The number of aliphatic hydroxyl groups is 2. The first-order chi connectivity index (χ1) is 25.3. The van der Waals surface area contributed by atoms with Gasteiger partial charge in [-0.3, -0.25) is 9.69 Å². The highest BCUT2D eigenvalue weighted by molar-refractivity contribution is 5.90. The van der Waals surface area contributed by atoms with Gasteiger partial charge in [0.2, 0.25) is 5.91 Å². The number of benzene rings is 3. The molecule has 4 rings (SSSR count). The van der Waals surface area contributed by atoms with Crippen molar-refractivity contribution in [2.45, 2.75) is 148 Å². The molecule has 3 aromatic carbocycles. The van der Waals surface area contributed by atoms with Crippen molar-refractivity contribution in [1.82, 2.24) is 4.90 Å². The molecule has 7 nitrogen and oxygen atoms in total. The number of aliphatic hydroxyl groups excluding tert-OH is 2. The van der Waals surface area contributed by atoms with Crippen LogP contribution in [0.15, 0.2) is 78.9 Å². The number of nitrogens with one attached hydrogen (secondary N) is 1. The van der Waals surface area contributed by atoms with Crippen LogP contribution in [-0.2, 0) is 20.9 Å². The van der Waals surface area contributed by atoms with E-state index in [0.717, 1.165) is 40.8 Å². The van der Waals surface area contributed by atoms with Crippen LogP contribution in [0.5, 0.6) is 0 Å². The molecule has 1 amide bonds. The standard InChI is InChI=1S/C45H66N2O5/c1-5-6-7-8-9-10-11-12-13-14-15-16-20-26-42(49)46-40-25-21-24-39(31-40)45-51-41(32-47(4)35(3)43(50)37-22-18-17-19-23-37)34(2)44(52-45)38-29-27-36(33-48)28-30-38/h17-19,21-25,27-31,34-35,41,43-45,48,50H,5-16,20,26,32-33H2,1-4H3,(H,46,49)/t34-,35-,41+,43-,44+,45?/m0/s1. The molecule has 52 heavy (non-hydrogen) atoms. The second-order valence-electron chi connectivity index (χ2n) is 15.0. The summed E-state index contributed by atoms with van der Waals surface area (Å²) in [5.74, 6) is 0.0367. The molecule has 0 aliphatic carbocycles. The predicted octanol–water partition coefficient (Wildman–Crippen LogP) is 10.4. The summed E-state index contributed by atoms with van der Waals surface area (Å²) in [4.78, 5) is 15.1. The van der Waals surface area contributed by atoms with Gasteiger partial charge < -0.3 is 25.0 Å². The molecule has 286 valence electrons. The third-order valence-electron chi connectivity index (χ3n) is 10.8. The third-order valence-corrected chi connectivity index (χ3v) is 10.8. The topological polar surface area (TPSA) is 91.3 Å². The van der Waals surface area contributed by atoms with Crippen LogP contribution >= 0.6 is 0 Å². The normalized spacial score (nSPS) is 20.1. The van der Waals surface area contributed by atoms with Gasteiger partial charge in [0, 0.05) is 36.2 Å². The van der Waals surface area contributed by atoms with E-state index >= 15 is 0 Å². The van der Waals surface area contributed by atoms with E-state index in [1.165, 1.54) is 70.6 Å². The quantitative estimate of drug-likeness (QED) is 0.0847. The summed E-state index contributed by atoms with van der Waals surface area (Å²) in [7, 11) is 2.02. The Morgan fingerprint density at radius 3 is 2.02 bits per heavy atom. The Labute approximate surface area is 314 Å². The summed E-state index contributed by atoms with van der Waals surface area (Å²) in [6, 6.07) is 25.3. The van der Waals surface area contributed by atoms with E-state index in [9.17, 15) is 15.0 Å². The first-order valence-electron chi connectivity index (χ1n) is 20.1. The van der Waals surface area contributed by atoms with Gasteiger partial charge in [-0.05, 0) is 49.2 Å². The molecule has 6 atom stereocenters. The third kappa shape index (κ3) is 13.4. The van der Waals surface area contributed by atoms with Gasteiger partial charge in [0.15, 0.2) is 6.29 Å². The molecule has 1 heterocycles. The molecule has 0 spiro atoms. The molecular formula is C45H66N2O5. The van der Waals surface area contributed by atoms with E-state index < -0.39 is 12.4 Å². The van der Waals surface area contributed by atoms with Gasteiger partial charge >= 0.3 is 0 Å². The first kappa shape index (κ1) is 41.7. The smallest absolute Gasteiger partial charge is 0.224 e. The first-order valence-corrected chi connectivity index (χ1v) is 20.1. The Hall–Kier alpha value is -3.07. The maximum Gasteiger partial charge on any atom is 0.224 e. The van der Waals surface area contributed by atoms with Crippen LogP contribution in [-0.4, -0.2) is 46.8 Å². The lowest BCUT2D eigenvalue weighted by atomic mass is 9.89. The van der Waals surface area contributed by atoms with Crippen LogP contribution in [0.2, 0.25) is 0 Å². The number of ether oxygens (including phenoxy) is 2. The average molecular weight is 715 g/mol. The molecule has 0 saturated carbocycles. The van der Waals surface area contributed by atoms with Gasteiger partial charge in [0.1, 0.15) is 0 Å². The van der Waals surface area contributed by atoms with Crippen molar-refractivity contribution >= 4 is 11.6 Å². The number of hydrogen-bond acceptors (Lipinski definition) is 6. The number of rotatable bonds is 23. The molecule has 1 fully saturated rings. The highest BCUT2D eigenvalue weighted by Crippen LogP contribution is 2.42. The minimum Gasteiger partial charge on any atom is -0.392 e. The molecule has 0 bridgehead atoms. The predicted molar refractivity (Wildman–Crippen MR) is 212 cm³/mol. The Morgan fingerprint density at radius 2 is 1.40 bits per heavy atom. The van der Waals surface area contributed by atoms with E-state index in [2.05, 4.69) is 24.1 Å². The number of hydrogen-bond donors (Lipinski definition) is 3. The Balaban J connectivity index is 1.31. The molecule has 1 unspecified atom stereocenters. The van der Waals surface area contributed by atoms with Crippen LogP contribution < -0.4 is 5.32 Å². The Bertz CT molecular complexity index is 1420. The summed E-state index contributed by atoms with van der Waals surface area (Å²) in [5.41, 5.74) is 4.33. The molecule has 1 saturated heterocycles. The van der Waals surface area contributed by atoms with Crippen molar-refractivity contribution in [3.05, 3.63) is 101 Å². The van der Waals surface area contributed by atoms with Crippen molar-refractivity contribution in [2.24, 2.45) is 5.92 Å². The summed E-state index contributed by atoms with van der Waals surface area (Å²) in [5, 5.41) is 23.9. The molecule has 3 aromatic rings. The number of unbranched alkanes of at least 4 members (excludes halogenated alkanes) is 12. The van der Waals surface area contributed by atoms with E-state index in [0.29, 0.717) is 13.0 Å². The lowest BCUT2D eigenvalue weighted by Gasteiger charge is -2.43. The van der Waals surface area contributed by atoms with Crippen LogP contribution in [0.3, 0.4) is 0 Å². The van der Waals surface area contributed by atoms with E-state index in [-0.39, 0.29) is 36.7 Å². The number of likely N-dealkylation sites (N-methyl/N-ethyl adjacent to an activating group) is 1. The van der Waals surface area contributed by atoms with Crippen LogP contribution in [0, 0.1) is 5.92 Å². The minimum atomic E-state index is -0.649. The van der Waals surface area contributed by atoms with Crippen molar-refractivity contribution in [3.63, 3.8) is 0 Å². The molecule has 0 aromatic heterocycles. The fourth-order valence-electron chi connectivity index (χ4n) is 7.24. The van der Waals surface area contributed by atoms with Gasteiger partial charge in [-0.15, -0.1) is 0 Å². The van der Waals surface area contributed by atoms with Gasteiger partial charge in [0.05, 0.1) is 24.9 Å². The zero-order valence-corrected chi connectivity index (χ0v) is 32.3. The molecule has 7 heteroatoms. The van der Waals surface area contributed by atoms with Gasteiger partial charge in [-0.25, -0.2) is 0 Å². The summed E-state index contributed by atoms with van der Waals surface area (Å²) < 4.78 is 13.4. The maximum atomic E-state index is 12.9. The van der Waals surface area contributed by atoms with Crippen molar-refractivity contribution in [1.29, 1.82) is 0 Å². The number of anilines is 1. The number of nitrogens with zero attached hydrogens (tertiary/aromatic N) is 1. The number of carbonyl (C=O) groups is 1. The van der Waals surface area contributed by atoms with Crippen LogP contribution in [0.4, 0.5) is 5.69 Å². The van der Waals surface area contributed by atoms with E-state index in [4.69, 9.17) is 9.47 Å². The summed E-state index contributed by atoms with van der Waals surface area (Å²) in [6.07, 6.45) is 15.4. The van der Waals surface area contributed by atoms with Crippen LogP contribution in [0.25, 0.3) is 0 Å². The van der Waals surface area contributed by atoms with E-state index in [1.54, 1.807) is 0 Å². The minimum absolute atomic E-state index is 0.00273. The largest absolute Gasteiger partial charge is 0.392 e. The zero-order valence-electron chi connectivity index (χ0n) is 32.3. The lowest BCUT2D eigenvalue weighted by Crippen LogP contribution is -2.46. The Kier molecular flexibility index (Phi) is 18.3. The fraction of sp³-hybridized carbons (Fsp3) is 0.578. The monoisotopic (exact) mass is 714 g/mol. The second-order valence-corrected chi connectivity index (χ2v) is 15.0. The molecular weight excluding hydrogens is 649 g/mol. The SMILES string of the molecule is CCCCCCCCCCCCCCCC(=O)Nc1cccc(C2O[C@H](CN(C)[C@@H](C)[C@H](O)c3ccccc3)[C@H](C)[C@H](c3ccc(CO)cc3)O2)c1. The van der Waals surface area contributed by atoms with Crippen molar-refractivity contribution < 1.29 is 24.5 Å². The molecule has 1 aliphatic heterocycles. The fourth-order valence-corrected chi connectivity index (χ4v) is 7.24. The van der Waals surface area contributed by atoms with E-state index in [1.807, 2.05) is 92.8 Å². The lowest BCUT2D eigenvalue weighted by molar-refractivity contribution is -0.276. The zero-order chi connectivity index (χ0) is 37.1. The highest BCUT2D eigenvalue weighted by atomic mass is 16.7. The maximum absolute atomic E-state index is 12.9. The van der Waals surface area contributed by atoms with Crippen molar-refractivity contribution in [2.75, 3.05) is 18.9 Å². The molecule has 1 aliphatic rings. The summed E-state index contributed by atoms with van der Waals surface area (Å²) >= 11 is 0. The molecule has 0 radical (unpaired) electrons. The highest BCUT2D eigenvalue weighted by Gasteiger charge is 2.39. The van der Waals surface area contributed by atoms with Crippen LogP contribution in [0.1, 0.15) is 151 Å². The number of carbonyl (C=O) groups excluding carboxylic acids is 1. The molecule has 3 N–H and O–H groups in total. The number of amides is 1. The average Bonchev–Trinajstić information content (AvgIpc) is 3.17. The van der Waals surface area contributed by atoms with Gasteiger partial charge in [0.25, 0.3) is 0 Å². The Morgan fingerprint density at radius 1 is 0.788 bits per heavy atom. The van der Waals surface area contributed by atoms with Gasteiger partial charge in [-0.1, -0.05) is 158 Å². The summed E-state index contributed by atoms with van der Waals surface area (Å²) in [6.45, 7) is 7.02.